The smallest absolute Gasteiger partial charge is 0.255 e. The predicted molar refractivity (Wildman–Crippen MR) is 113 cm³/mol. The van der Waals surface area contributed by atoms with Gasteiger partial charge in [0.1, 0.15) is 0 Å². The highest BCUT2D eigenvalue weighted by Gasteiger charge is 2.38. The fourth-order valence-corrected chi connectivity index (χ4v) is 4.90. The molecule has 6 heteroatoms. The van der Waals surface area contributed by atoms with E-state index in [1.165, 1.54) is 31.5 Å². The molecule has 150 valence electrons. The summed E-state index contributed by atoms with van der Waals surface area (Å²) in [6.45, 7) is 6.03. The molecule has 29 heavy (non-hydrogen) atoms. The van der Waals surface area contributed by atoms with Crippen molar-refractivity contribution < 1.29 is 4.79 Å². The lowest BCUT2D eigenvalue weighted by molar-refractivity contribution is 0.0712. The number of hydrogen-bond donors (Lipinski definition) is 0. The molecule has 0 saturated carbocycles. The number of carbonyl (C=O) groups excluding carboxylic acids is 1. The van der Waals surface area contributed by atoms with Gasteiger partial charge in [-0.25, -0.2) is 9.67 Å². The zero-order chi connectivity index (χ0) is 19.8. The van der Waals surface area contributed by atoms with Crippen LogP contribution in [0.3, 0.4) is 0 Å². The lowest BCUT2D eigenvalue weighted by Gasteiger charge is -2.30. The maximum Gasteiger partial charge on any atom is 0.255 e. The van der Waals surface area contributed by atoms with Crippen LogP contribution in [0.2, 0.25) is 0 Å². The average molecular weight is 390 g/mol. The Morgan fingerprint density at radius 2 is 1.90 bits per heavy atom. The van der Waals surface area contributed by atoms with E-state index in [1.54, 1.807) is 6.20 Å². The molecule has 2 fully saturated rings. The van der Waals surface area contributed by atoms with Gasteiger partial charge in [0.05, 0.1) is 18.3 Å². The van der Waals surface area contributed by atoms with E-state index in [4.69, 9.17) is 0 Å². The predicted octanol–water partition coefficient (Wildman–Crippen LogP) is 3.18. The lowest BCUT2D eigenvalue weighted by Crippen LogP contribution is -2.44. The van der Waals surface area contributed by atoms with E-state index in [9.17, 15) is 4.79 Å². The monoisotopic (exact) mass is 389 g/mol. The Morgan fingerprint density at radius 3 is 2.69 bits per heavy atom. The summed E-state index contributed by atoms with van der Waals surface area (Å²) in [5, 5.41) is 5.40. The largest absolute Gasteiger partial charge is 0.334 e. The van der Waals surface area contributed by atoms with Crippen LogP contribution in [-0.4, -0.2) is 62.2 Å². The molecule has 0 radical (unpaired) electrons. The van der Waals surface area contributed by atoms with Crippen molar-refractivity contribution in [2.24, 2.45) is 0 Å². The standard InChI is InChI=1S/C23H27N5O/c1-17-21(26-10-5-6-11-26)9-12-27(17)23(29)20-13-19-15-25-28(22(19)24-14-20)16-18-7-3-2-4-8-18/h2-4,7-8,13-15,17,21H,5-6,9-12,16H2,1H3. The number of rotatable bonds is 4. The first-order valence-corrected chi connectivity index (χ1v) is 10.6. The quantitative estimate of drug-likeness (QED) is 0.688. The van der Waals surface area contributed by atoms with E-state index in [1.807, 2.05) is 40.0 Å². The van der Waals surface area contributed by atoms with Gasteiger partial charge in [-0.1, -0.05) is 30.3 Å². The first-order chi connectivity index (χ1) is 14.2. The normalized spacial score (nSPS) is 22.6. The number of pyridine rings is 1. The van der Waals surface area contributed by atoms with Crippen molar-refractivity contribution in [3.63, 3.8) is 0 Å². The maximum absolute atomic E-state index is 13.2. The molecule has 1 amide bonds. The topological polar surface area (TPSA) is 54.3 Å². The number of amides is 1. The fraction of sp³-hybridized carbons (Fsp3) is 0.435. The molecule has 6 nitrogen and oxygen atoms in total. The van der Waals surface area contributed by atoms with Crippen LogP contribution in [0.15, 0.2) is 48.8 Å². The molecule has 0 N–H and O–H groups in total. The highest BCUT2D eigenvalue weighted by atomic mass is 16.2. The van der Waals surface area contributed by atoms with Crippen molar-refractivity contribution in [1.29, 1.82) is 0 Å². The van der Waals surface area contributed by atoms with Crippen LogP contribution in [0.25, 0.3) is 11.0 Å². The number of hydrogen-bond acceptors (Lipinski definition) is 4. The van der Waals surface area contributed by atoms with Crippen LogP contribution in [0.4, 0.5) is 0 Å². The van der Waals surface area contributed by atoms with Crippen LogP contribution < -0.4 is 0 Å². The van der Waals surface area contributed by atoms with Crippen molar-refractivity contribution in [3.8, 4) is 0 Å². The summed E-state index contributed by atoms with van der Waals surface area (Å²) in [4.78, 5) is 22.4. The summed E-state index contributed by atoms with van der Waals surface area (Å²) in [7, 11) is 0. The Hall–Kier alpha value is -2.73. The summed E-state index contributed by atoms with van der Waals surface area (Å²) >= 11 is 0. The van der Waals surface area contributed by atoms with E-state index < -0.39 is 0 Å². The minimum atomic E-state index is 0.0874. The molecular weight excluding hydrogens is 362 g/mol. The summed E-state index contributed by atoms with van der Waals surface area (Å²) < 4.78 is 1.89. The molecule has 3 aromatic rings. The fourth-order valence-electron chi connectivity index (χ4n) is 4.90. The SMILES string of the molecule is CC1C(N2CCCC2)CCN1C(=O)c1cnc2c(cnn2Cc2ccccc2)c1. The molecule has 0 aliphatic carbocycles. The van der Waals surface area contributed by atoms with E-state index in [2.05, 4.69) is 34.0 Å². The zero-order valence-electron chi connectivity index (χ0n) is 16.9. The Morgan fingerprint density at radius 1 is 1.10 bits per heavy atom. The molecule has 5 rings (SSSR count). The molecule has 2 aliphatic heterocycles. The number of aromatic nitrogens is 3. The number of fused-ring (bicyclic) bond motifs is 1. The van der Waals surface area contributed by atoms with Gasteiger partial charge >= 0.3 is 0 Å². The van der Waals surface area contributed by atoms with Gasteiger partial charge in [-0.2, -0.15) is 5.10 Å². The molecule has 0 spiro atoms. The van der Waals surface area contributed by atoms with Gasteiger partial charge < -0.3 is 4.90 Å². The second kappa shape index (κ2) is 7.59. The van der Waals surface area contributed by atoms with Crippen LogP contribution in [0, 0.1) is 0 Å². The molecule has 2 atom stereocenters. The Kier molecular flexibility index (Phi) is 4.79. The Labute approximate surface area is 171 Å². The van der Waals surface area contributed by atoms with Crippen molar-refractivity contribution in [2.45, 2.75) is 44.8 Å². The maximum atomic E-state index is 13.2. The second-order valence-electron chi connectivity index (χ2n) is 8.26. The van der Waals surface area contributed by atoms with Crippen LogP contribution in [-0.2, 0) is 6.54 Å². The Balaban J connectivity index is 1.34. The number of nitrogens with zero attached hydrogens (tertiary/aromatic N) is 5. The molecule has 0 bridgehead atoms. The van der Waals surface area contributed by atoms with Gasteiger partial charge in [0.15, 0.2) is 5.65 Å². The average Bonchev–Trinajstić information content (AvgIpc) is 3.48. The molecule has 2 saturated heterocycles. The number of likely N-dealkylation sites (tertiary alicyclic amines) is 2. The van der Waals surface area contributed by atoms with Crippen molar-refractivity contribution >= 4 is 16.9 Å². The zero-order valence-corrected chi connectivity index (χ0v) is 16.9. The third kappa shape index (κ3) is 3.42. The van der Waals surface area contributed by atoms with Crippen molar-refractivity contribution in [1.82, 2.24) is 24.6 Å². The van der Waals surface area contributed by atoms with Crippen molar-refractivity contribution in [2.75, 3.05) is 19.6 Å². The highest BCUT2D eigenvalue weighted by molar-refractivity contribution is 5.97. The molecule has 2 unspecified atom stereocenters. The van der Waals surface area contributed by atoms with Crippen molar-refractivity contribution in [3.05, 3.63) is 59.9 Å². The van der Waals surface area contributed by atoms with E-state index in [-0.39, 0.29) is 11.9 Å². The third-order valence-electron chi connectivity index (χ3n) is 6.48. The molecule has 4 heterocycles. The first kappa shape index (κ1) is 18.3. The van der Waals surface area contributed by atoms with Gasteiger partial charge in [0.25, 0.3) is 5.91 Å². The second-order valence-corrected chi connectivity index (χ2v) is 8.26. The van der Waals surface area contributed by atoms with E-state index >= 15 is 0 Å². The van der Waals surface area contributed by atoms with Gasteiger partial charge in [-0.05, 0) is 50.9 Å². The molecule has 2 aliphatic rings. The minimum absolute atomic E-state index is 0.0874. The third-order valence-corrected chi connectivity index (χ3v) is 6.48. The summed E-state index contributed by atoms with van der Waals surface area (Å²) in [6.07, 6.45) is 7.15. The van der Waals surface area contributed by atoms with Gasteiger partial charge in [0, 0.05) is 30.2 Å². The molecule has 1 aromatic carbocycles. The Bertz CT molecular complexity index is 1010. The van der Waals surface area contributed by atoms with Gasteiger partial charge in [-0.3, -0.25) is 9.69 Å². The van der Waals surface area contributed by atoms with Gasteiger partial charge in [0.2, 0.25) is 0 Å². The summed E-state index contributed by atoms with van der Waals surface area (Å²) in [5.74, 6) is 0.0874. The first-order valence-electron chi connectivity index (χ1n) is 10.6. The van der Waals surface area contributed by atoms with Crippen LogP contribution in [0.5, 0.6) is 0 Å². The van der Waals surface area contributed by atoms with Crippen LogP contribution in [0.1, 0.15) is 42.1 Å². The van der Waals surface area contributed by atoms with E-state index in [0.717, 1.165) is 24.0 Å². The lowest BCUT2D eigenvalue weighted by atomic mass is 10.1. The van der Waals surface area contributed by atoms with Gasteiger partial charge in [-0.15, -0.1) is 0 Å². The minimum Gasteiger partial charge on any atom is -0.334 e. The highest BCUT2D eigenvalue weighted by Crippen LogP contribution is 2.27. The molecular formula is C23H27N5O. The molecule has 2 aromatic heterocycles. The number of carbonyl (C=O) groups is 1. The van der Waals surface area contributed by atoms with Crippen LogP contribution >= 0.6 is 0 Å². The summed E-state index contributed by atoms with van der Waals surface area (Å²) in [6, 6.07) is 12.9. The number of benzene rings is 1. The van der Waals surface area contributed by atoms with E-state index in [0.29, 0.717) is 18.2 Å². The summed E-state index contributed by atoms with van der Waals surface area (Å²) in [5.41, 5.74) is 2.65.